The molecule has 2 rings (SSSR count). The highest BCUT2D eigenvalue weighted by atomic mass is 16.6. The Balaban J connectivity index is 2.25. The number of hydrogen-bond donors (Lipinski definition) is 2. The van der Waals surface area contributed by atoms with Crippen molar-refractivity contribution in [2.75, 3.05) is 17.2 Å². The van der Waals surface area contributed by atoms with Crippen molar-refractivity contribution in [2.45, 2.75) is 32.9 Å². The molecule has 0 saturated heterocycles. The summed E-state index contributed by atoms with van der Waals surface area (Å²) >= 11 is 0. The Labute approximate surface area is 128 Å². The molecule has 1 aromatic rings. The minimum absolute atomic E-state index is 0.0833. The van der Waals surface area contributed by atoms with E-state index in [0.29, 0.717) is 17.8 Å². The van der Waals surface area contributed by atoms with Crippen LogP contribution in [-0.4, -0.2) is 35.5 Å². The molecular weight excluding hydrogens is 286 g/mol. The van der Waals surface area contributed by atoms with Gasteiger partial charge in [-0.2, -0.15) is 0 Å². The van der Waals surface area contributed by atoms with Crippen LogP contribution in [-0.2, 0) is 20.9 Å². The quantitative estimate of drug-likeness (QED) is 0.817. The van der Waals surface area contributed by atoms with Gasteiger partial charge < -0.3 is 15.4 Å². The summed E-state index contributed by atoms with van der Waals surface area (Å²) in [5.41, 5.74) is 1.30. The largest absolute Gasteiger partial charge is 0.444 e. The summed E-state index contributed by atoms with van der Waals surface area (Å²) in [7, 11) is 0. The first kappa shape index (κ1) is 15.8. The van der Waals surface area contributed by atoms with Gasteiger partial charge in [0.25, 0.3) is 0 Å². The maximum atomic E-state index is 12.2. The first-order valence-corrected chi connectivity index (χ1v) is 6.89. The monoisotopic (exact) mass is 305 g/mol. The number of nitrogens with one attached hydrogen (secondary N) is 2. The molecule has 0 aromatic heterocycles. The average Bonchev–Trinajstić information content (AvgIpc) is 2.55. The van der Waals surface area contributed by atoms with Gasteiger partial charge in [-0.15, -0.1) is 0 Å². The molecule has 0 radical (unpaired) electrons. The topological polar surface area (TPSA) is 87.7 Å². The smallest absolute Gasteiger partial charge is 0.411 e. The van der Waals surface area contributed by atoms with Gasteiger partial charge in [-0.05, 0) is 44.5 Å². The summed E-state index contributed by atoms with van der Waals surface area (Å²) < 4.78 is 5.31. The molecule has 118 valence electrons. The van der Waals surface area contributed by atoms with Gasteiger partial charge in [0.15, 0.2) is 0 Å². The molecule has 1 aliphatic heterocycles. The van der Waals surface area contributed by atoms with Crippen molar-refractivity contribution >= 4 is 29.8 Å². The van der Waals surface area contributed by atoms with Crippen LogP contribution in [0.1, 0.15) is 26.3 Å². The lowest BCUT2D eigenvalue weighted by molar-refractivity contribution is -0.117. The van der Waals surface area contributed by atoms with E-state index in [4.69, 9.17) is 4.74 Å². The van der Waals surface area contributed by atoms with Crippen molar-refractivity contribution < 1.29 is 19.1 Å². The van der Waals surface area contributed by atoms with Gasteiger partial charge in [0.2, 0.25) is 12.3 Å². The maximum absolute atomic E-state index is 12.2. The van der Waals surface area contributed by atoms with Crippen LogP contribution in [0.4, 0.5) is 16.2 Å². The predicted molar refractivity (Wildman–Crippen MR) is 81.4 cm³/mol. The molecule has 0 atom stereocenters. The highest BCUT2D eigenvalue weighted by molar-refractivity contribution is 5.96. The summed E-state index contributed by atoms with van der Waals surface area (Å²) in [5, 5.41) is 5.28. The standard InChI is InChI=1S/C15H19N3O4/c1-15(2,3)22-14(21)18-7-10-6-11(16-9-19)4-5-12(10)17-13(20)8-18/h4-6,9H,7-8H2,1-3H3,(H,16,19)(H,17,20). The van der Waals surface area contributed by atoms with Crippen molar-refractivity contribution in [1.29, 1.82) is 0 Å². The van der Waals surface area contributed by atoms with E-state index in [-0.39, 0.29) is 19.0 Å². The second-order valence-electron chi connectivity index (χ2n) is 6.02. The zero-order valence-corrected chi connectivity index (χ0v) is 12.8. The van der Waals surface area contributed by atoms with Gasteiger partial charge in [-0.3, -0.25) is 14.5 Å². The molecule has 7 heteroatoms. The van der Waals surface area contributed by atoms with Crippen LogP contribution in [0, 0.1) is 0 Å². The molecule has 7 nitrogen and oxygen atoms in total. The van der Waals surface area contributed by atoms with Crippen molar-refractivity contribution in [1.82, 2.24) is 4.90 Å². The van der Waals surface area contributed by atoms with E-state index in [1.165, 1.54) is 4.90 Å². The molecule has 1 heterocycles. The Hall–Kier alpha value is -2.57. The van der Waals surface area contributed by atoms with Crippen molar-refractivity contribution in [3.05, 3.63) is 23.8 Å². The molecule has 0 aliphatic carbocycles. The van der Waals surface area contributed by atoms with Crippen LogP contribution in [0.25, 0.3) is 0 Å². The summed E-state index contributed by atoms with van der Waals surface area (Å²) in [4.78, 5) is 35.9. The maximum Gasteiger partial charge on any atom is 0.411 e. The molecule has 2 N–H and O–H groups in total. The second kappa shape index (κ2) is 6.05. The van der Waals surface area contributed by atoms with Crippen LogP contribution in [0.3, 0.4) is 0 Å². The number of carbonyl (C=O) groups excluding carboxylic acids is 3. The molecule has 0 fully saturated rings. The van der Waals surface area contributed by atoms with Crippen molar-refractivity contribution in [3.8, 4) is 0 Å². The Morgan fingerprint density at radius 3 is 2.73 bits per heavy atom. The fourth-order valence-electron chi connectivity index (χ4n) is 2.08. The third-order valence-corrected chi connectivity index (χ3v) is 2.95. The third-order valence-electron chi connectivity index (χ3n) is 2.95. The summed E-state index contributed by atoms with van der Waals surface area (Å²) in [6, 6.07) is 5.08. The van der Waals surface area contributed by atoms with Gasteiger partial charge in [0, 0.05) is 11.4 Å². The Morgan fingerprint density at radius 1 is 1.36 bits per heavy atom. The minimum Gasteiger partial charge on any atom is -0.444 e. The molecular formula is C15H19N3O4. The van der Waals surface area contributed by atoms with Crippen LogP contribution in [0.5, 0.6) is 0 Å². The van der Waals surface area contributed by atoms with E-state index in [9.17, 15) is 14.4 Å². The van der Waals surface area contributed by atoms with Gasteiger partial charge in [-0.1, -0.05) is 0 Å². The highest BCUT2D eigenvalue weighted by Gasteiger charge is 2.27. The van der Waals surface area contributed by atoms with E-state index in [1.54, 1.807) is 39.0 Å². The van der Waals surface area contributed by atoms with Crippen LogP contribution >= 0.6 is 0 Å². The second-order valence-corrected chi connectivity index (χ2v) is 6.02. The van der Waals surface area contributed by atoms with Crippen LogP contribution in [0.15, 0.2) is 18.2 Å². The van der Waals surface area contributed by atoms with Crippen molar-refractivity contribution in [3.63, 3.8) is 0 Å². The number of nitrogens with zero attached hydrogens (tertiary/aromatic N) is 1. The number of amides is 3. The van der Waals surface area contributed by atoms with Gasteiger partial charge in [0.1, 0.15) is 12.1 Å². The van der Waals surface area contributed by atoms with E-state index in [0.717, 1.165) is 5.56 Å². The van der Waals surface area contributed by atoms with E-state index in [2.05, 4.69) is 10.6 Å². The molecule has 1 aromatic carbocycles. The zero-order valence-electron chi connectivity index (χ0n) is 12.8. The number of carbonyl (C=O) groups is 3. The molecule has 0 bridgehead atoms. The van der Waals surface area contributed by atoms with E-state index < -0.39 is 11.7 Å². The van der Waals surface area contributed by atoms with Crippen LogP contribution < -0.4 is 10.6 Å². The van der Waals surface area contributed by atoms with Crippen molar-refractivity contribution in [2.24, 2.45) is 0 Å². The fraction of sp³-hybridized carbons (Fsp3) is 0.400. The molecule has 22 heavy (non-hydrogen) atoms. The molecule has 0 saturated carbocycles. The zero-order chi connectivity index (χ0) is 16.3. The fourth-order valence-corrected chi connectivity index (χ4v) is 2.08. The van der Waals surface area contributed by atoms with Gasteiger partial charge in [0.05, 0.1) is 6.54 Å². The van der Waals surface area contributed by atoms with Crippen LogP contribution in [0.2, 0.25) is 0 Å². The Kier molecular flexibility index (Phi) is 4.35. The highest BCUT2D eigenvalue weighted by Crippen LogP contribution is 2.25. The first-order valence-electron chi connectivity index (χ1n) is 6.89. The molecule has 0 unspecified atom stereocenters. The summed E-state index contributed by atoms with van der Waals surface area (Å²) in [5.74, 6) is -0.291. The number of fused-ring (bicyclic) bond motifs is 1. The Morgan fingerprint density at radius 2 is 2.09 bits per heavy atom. The lowest BCUT2D eigenvalue weighted by Gasteiger charge is -2.25. The lowest BCUT2D eigenvalue weighted by Crippen LogP contribution is -2.39. The summed E-state index contributed by atoms with van der Waals surface area (Å²) in [6.45, 7) is 5.44. The molecule has 3 amide bonds. The lowest BCUT2D eigenvalue weighted by atomic mass is 10.1. The normalized spacial score (nSPS) is 14.5. The van der Waals surface area contributed by atoms with Gasteiger partial charge >= 0.3 is 6.09 Å². The number of ether oxygens (including phenoxy) is 1. The number of hydrogen-bond acceptors (Lipinski definition) is 4. The summed E-state index contributed by atoms with van der Waals surface area (Å²) in [6.07, 6.45) is 0.0204. The first-order chi connectivity index (χ1) is 10.3. The van der Waals surface area contributed by atoms with E-state index >= 15 is 0 Å². The number of anilines is 2. The SMILES string of the molecule is CC(C)(C)OC(=O)N1CC(=O)Nc2ccc(NC=O)cc2C1. The van der Waals surface area contributed by atoms with E-state index in [1.807, 2.05) is 0 Å². The minimum atomic E-state index is -0.635. The number of benzene rings is 1. The molecule has 0 spiro atoms. The third kappa shape index (κ3) is 3.97. The predicted octanol–water partition coefficient (Wildman–Crippen LogP) is 1.94. The van der Waals surface area contributed by atoms with Gasteiger partial charge in [-0.25, -0.2) is 4.79 Å². The average molecular weight is 305 g/mol. The molecule has 1 aliphatic rings. The Bertz CT molecular complexity index is 607. The number of rotatable bonds is 2.